The van der Waals surface area contributed by atoms with Gasteiger partial charge in [0.15, 0.2) is 0 Å². The van der Waals surface area contributed by atoms with Crippen LogP contribution in [-0.2, 0) is 11.2 Å². The van der Waals surface area contributed by atoms with E-state index >= 15 is 0 Å². The summed E-state index contributed by atoms with van der Waals surface area (Å²) in [5.74, 6) is 0.688. The van der Waals surface area contributed by atoms with Crippen LogP contribution in [0.4, 0.5) is 4.79 Å². The van der Waals surface area contributed by atoms with E-state index in [1.807, 2.05) is 40.3 Å². The summed E-state index contributed by atoms with van der Waals surface area (Å²) in [4.78, 5) is 30.1. The van der Waals surface area contributed by atoms with E-state index in [0.29, 0.717) is 30.3 Å². The maximum Gasteiger partial charge on any atom is 0.411 e. The second kappa shape index (κ2) is 7.37. The summed E-state index contributed by atoms with van der Waals surface area (Å²) in [6.07, 6.45) is 2.03. The number of likely N-dealkylation sites (tertiary alicyclic amines) is 1. The molecule has 6 nitrogen and oxygen atoms in total. The first-order valence-corrected chi connectivity index (χ1v) is 11.1. The number of carbonyl (C=O) groups excluding carboxylic acids is 2. The third-order valence-electron chi connectivity index (χ3n) is 6.18. The zero-order chi connectivity index (χ0) is 20.0. The molecule has 1 aromatic heterocycles. The van der Waals surface area contributed by atoms with Gasteiger partial charge in [0, 0.05) is 25.6 Å². The Bertz CT molecular complexity index is 934. The topological polar surface area (TPSA) is 59.1 Å². The molecule has 0 spiro atoms. The van der Waals surface area contributed by atoms with Crippen LogP contribution in [0.2, 0.25) is 0 Å². The summed E-state index contributed by atoms with van der Waals surface area (Å²) in [5, 5.41) is 1.89. The Kier molecular flexibility index (Phi) is 4.70. The number of thiophene rings is 1. The maximum absolute atomic E-state index is 12.9. The fourth-order valence-corrected chi connectivity index (χ4v) is 5.67. The molecule has 3 heterocycles. The van der Waals surface area contributed by atoms with Crippen molar-refractivity contribution >= 4 is 23.3 Å². The Balaban J connectivity index is 1.29. The molecule has 2 saturated heterocycles. The first-order valence-electron chi connectivity index (χ1n) is 10.2. The third kappa shape index (κ3) is 3.08. The number of amides is 2. The Hall–Kier alpha value is -2.54. The highest BCUT2D eigenvalue weighted by atomic mass is 32.1. The minimum Gasteiger partial charge on any atom is -0.492 e. The van der Waals surface area contributed by atoms with Crippen molar-refractivity contribution in [3.8, 4) is 5.75 Å². The summed E-state index contributed by atoms with van der Waals surface area (Å²) < 4.78 is 11.3. The highest BCUT2D eigenvalue weighted by Crippen LogP contribution is 2.44. The van der Waals surface area contributed by atoms with E-state index in [1.165, 1.54) is 22.5 Å². The van der Waals surface area contributed by atoms with Crippen molar-refractivity contribution in [2.24, 2.45) is 0 Å². The van der Waals surface area contributed by atoms with Crippen LogP contribution in [0, 0.1) is 0 Å². The van der Waals surface area contributed by atoms with Crippen molar-refractivity contribution in [2.75, 3.05) is 19.7 Å². The molecule has 29 heavy (non-hydrogen) atoms. The van der Waals surface area contributed by atoms with Gasteiger partial charge in [0.25, 0.3) is 5.91 Å². The second-order valence-electron chi connectivity index (χ2n) is 7.75. The van der Waals surface area contributed by atoms with Crippen molar-refractivity contribution < 1.29 is 19.1 Å². The first kappa shape index (κ1) is 18.5. The molecule has 0 N–H and O–H groups in total. The molecule has 0 bridgehead atoms. The lowest BCUT2D eigenvalue weighted by atomic mass is 9.99. The van der Waals surface area contributed by atoms with E-state index < -0.39 is 0 Å². The fraction of sp³-hybridized carbons (Fsp3) is 0.455. The van der Waals surface area contributed by atoms with Crippen LogP contribution in [0.15, 0.2) is 35.7 Å². The maximum atomic E-state index is 12.9. The van der Waals surface area contributed by atoms with Crippen molar-refractivity contribution in [1.29, 1.82) is 0 Å². The molecular formula is C22H24N2O4S. The van der Waals surface area contributed by atoms with Crippen molar-refractivity contribution in [1.82, 2.24) is 9.80 Å². The van der Waals surface area contributed by atoms with Gasteiger partial charge in [-0.25, -0.2) is 4.79 Å². The molecule has 2 amide bonds. The van der Waals surface area contributed by atoms with E-state index in [-0.39, 0.29) is 30.2 Å². The Labute approximate surface area is 174 Å². The van der Waals surface area contributed by atoms with Gasteiger partial charge < -0.3 is 14.4 Å². The highest BCUT2D eigenvalue weighted by Gasteiger charge is 2.50. The van der Waals surface area contributed by atoms with Crippen molar-refractivity contribution in [3.05, 3.63) is 51.7 Å². The highest BCUT2D eigenvalue weighted by molar-refractivity contribution is 7.12. The smallest absolute Gasteiger partial charge is 0.411 e. The lowest BCUT2D eigenvalue weighted by Crippen LogP contribution is -2.47. The molecule has 2 atom stereocenters. The summed E-state index contributed by atoms with van der Waals surface area (Å²) in [5.41, 5.74) is 2.48. The number of nitrogens with zero attached hydrogens (tertiary/aromatic N) is 2. The largest absolute Gasteiger partial charge is 0.492 e. The van der Waals surface area contributed by atoms with Crippen LogP contribution < -0.4 is 4.74 Å². The molecule has 7 heteroatoms. The summed E-state index contributed by atoms with van der Waals surface area (Å²) in [6, 6.07) is 10.3. The third-order valence-corrected chi connectivity index (χ3v) is 7.06. The monoisotopic (exact) mass is 412 g/mol. The molecule has 2 aliphatic heterocycles. The fourth-order valence-electron chi connectivity index (χ4n) is 4.87. The molecule has 1 aliphatic carbocycles. The molecule has 1 aromatic carbocycles. The lowest BCUT2D eigenvalue weighted by Gasteiger charge is -2.37. The van der Waals surface area contributed by atoms with E-state index in [9.17, 15) is 9.59 Å². The second-order valence-corrected chi connectivity index (χ2v) is 8.66. The van der Waals surface area contributed by atoms with Gasteiger partial charge >= 0.3 is 6.09 Å². The van der Waals surface area contributed by atoms with Gasteiger partial charge in [-0.3, -0.25) is 9.69 Å². The van der Waals surface area contributed by atoms with Gasteiger partial charge in [-0.1, -0.05) is 24.3 Å². The number of piperidine rings is 1. The summed E-state index contributed by atoms with van der Waals surface area (Å²) >= 11 is 1.42. The Morgan fingerprint density at radius 3 is 2.83 bits per heavy atom. The van der Waals surface area contributed by atoms with Crippen LogP contribution in [0.25, 0.3) is 0 Å². The number of rotatable bonds is 4. The molecule has 2 aromatic rings. The van der Waals surface area contributed by atoms with Crippen LogP contribution in [0.5, 0.6) is 5.75 Å². The molecule has 5 rings (SSSR count). The molecule has 3 aliphatic rings. The van der Waals surface area contributed by atoms with Gasteiger partial charge in [0.05, 0.1) is 12.6 Å². The molecular weight excluding hydrogens is 388 g/mol. The zero-order valence-electron chi connectivity index (χ0n) is 16.4. The quantitative estimate of drug-likeness (QED) is 0.765. The number of fused-ring (bicyclic) bond motifs is 3. The number of hydrogen-bond acceptors (Lipinski definition) is 5. The minimum atomic E-state index is -0.212. The van der Waals surface area contributed by atoms with Crippen molar-refractivity contribution in [3.63, 3.8) is 0 Å². The van der Waals surface area contributed by atoms with Gasteiger partial charge in [-0.05, 0) is 42.3 Å². The van der Waals surface area contributed by atoms with Crippen LogP contribution in [0.1, 0.15) is 46.6 Å². The number of ether oxygens (including phenoxy) is 2. The predicted octanol–water partition coefficient (Wildman–Crippen LogP) is 3.87. The first-order chi connectivity index (χ1) is 14.2. The Morgan fingerprint density at radius 1 is 1.24 bits per heavy atom. The zero-order valence-corrected chi connectivity index (χ0v) is 17.2. The number of benzene rings is 1. The van der Waals surface area contributed by atoms with Gasteiger partial charge in [-0.2, -0.15) is 0 Å². The van der Waals surface area contributed by atoms with E-state index in [4.69, 9.17) is 9.47 Å². The van der Waals surface area contributed by atoms with Gasteiger partial charge in [-0.15, -0.1) is 11.3 Å². The van der Waals surface area contributed by atoms with E-state index in [0.717, 1.165) is 19.3 Å². The predicted molar refractivity (Wildman–Crippen MR) is 109 cm³/mol. The molecule has 2 unspecified atom stereocenters. The van der Waals surface area contributed by atoms with Crippen LogP contribution >= 0.6 is 11.3 Å². The van der Waals surface area contributed by atoms with E-state index in [1.54, 1.807) is 0 Å². The molecule has 0 radical (unpaired) electrons. The number of hydrogen-bond donors (Lipinski definition) is 0. The summed E-state index contributed by atoms with van der Waals surface area (Å²) in [7, 11) is 0. The van der Waals surface area contributed by atoms with Gasteiger partial charge in [0.2, 0.25) is 0 Å². The normalized spacial score (nSPS) is 23.7. The standard InChI is InChI=1S/C22H24N2O4S/c1-2-27-17-9-12-29-20(17)21(25)23-10-7-15(8-11-23)24-19-16-6-4-3-5-14(16)13-18(19)28-22(24)26/h3-6,9,12,15,18-19H,2,7-8,10-11,13H2,1H3. The molecule has 152 valence electrons. The van der Waals surface area contributed by atoms with Crippen molar-refractivity contribution in [2.45, 2.75) is 44.4 Å². The average Bonchev–Trinajstić information content (AvgIpc) is 3.41. The Morgan fingerprint density at radius 2 is 2.03 bits per heavy atom. The van der Waals surface area contributed by atoms with E-state index in [2.05, 4.69) is 12.1 Å². The average molecular weight is 413 g/mol. The van der Waals surface area contributed by atoms with Gasteiger partial charge in [0.1, 0.15) is 16.7 Å². The SMILES string of the molecule is CCOc1ccsc1C(=O)N1CCC(N2C(=O)OC3Cc4ccccc4C32)CC1. The number of carbonyl (C=O) groups is 2. The van der Waals surface area contributed by atoms with Crippen LogP contribution in [0.3, 0.4) is 0 Å². The lowest BCUT2D eigenvalue weighted by molar-refractivity contribution is 0.0637. The minimum absolute atomic E-state index is 0.00723. The van der Waals surface area contributed by atoms with Crippen LogP contribution in [-0.4, -0.2) is 53.6 Å². The molecule has 0 saturated carbocycles. The summed E-state index contributed by atoms with van der Waals surface area (Å²) in [6.45, 7) is 3.73. The molecule has 2 fully saturated rings.